The molecule has 90 valence electrons. The summed E-state index contributed by atoms with van der Waals surface area (Å²) in [5.74, 6) is 2.63. The molecule has 0 aromatic rings. The third-order valence-corrected chi connectivity index (χ3v) is 4.79. The van der Waals surface area contributed by atoms with Crippen LogP contribution in [0.3, 0.4) is 0 Å². The van der Waals surface area contributed by atoms with Gasteiger partial charge in [0.25, 0.3) is 0 Å². The molecular formula is C16H26. The van der Waals surface area contributed by atoms with Gasteiger partial charge in [-0.3, -0.25) is 0 Å². The van der Waals surface area contributed by atoms with Crippen molar-refractivity contribution in [3.8, 4) is 0 Å². The van der Waals surface area contributed by atoms with E-state index in [1.54, 1.807) is 11.1 Å². The lowest BCUT2D eigenvalue weighted by molar-refractivity contribution is 0.300. The molecule has 1 fully saturated rings. The quantitative estimate of drug-likeness (QED) is 0.565. The number of hydrogen-bond acceptors (Lipinski definition) is 0. The van der Waals surface area contributed by atoms with E-state index in [1.807, 2.05) is 5.57 Å². The van der Waals surface area contributed by atoms with E-state index in [0.717, 1.165) is 17.8 Å². The third-order valence-electron chi connectivity index (χ3n) is 4.79. The van der Waals surface area contributed by atoms with Gasteiger partial charge < -0.3 is 0 Å². The van der Waals surface area contributed by atoms with Crippen LogP contribution in [0, 0.1) is 17.8 Å². The van der Waals surface area contributed by atoms with Gasteiger partial charge in [0, 0.05) is 0 Å². The van der Waals surface area contributed by atoms with Gasteiger partial charge in [0.15, 0.2) is 0 Å². The van der Waals surface area contributed by atoms with Gasteiger partial charge >= 0.3 is 0 Å². The largest absolute Gasteiger partial charge is 0.0784 e. The molecule has 0 spiro atoms. The Hall–Kier alpha value is -0.520. The molecular weight excluding hydrogens is 192 g/mol. The van der Waals surface area contributed by atoms with Crippen molar-refractivity contribution in [2.45, 2.75) is 59.8 Å². The van der Waals surface area contributed by atoms with Crippen LogP contribution in [0.4, 0.5) is 0 Å². The van der Waals surface area contributed by atoms with Gasteiger partial charge in [-0.1, -0.05) is 36.6 Å². The number of fused-ring (bicyclic) bond motifs is 1. The summed E-state index contributed by atoms with van der Waals surface area (Å²) in [4.78, 5) is 0. The van der Waals surface area contributed by atoms with Gasteiger partial charge in [-0.25, -0.2) is 0 Å². The van der Waals surface area contributed by atoms with E-state index in [4.69, 9.17) is 0 Å². The first-order chi connectivity index (χ1) is 7.63. The summed E-state index contributed by atoms with van der Waals surface area (Å²) in [7, 11) is 0. The molecule has 0 N–H and O–H groups in total. The summed E-state index contributed by atoms with van der Waals surface area (Å²) in [5.41, 5.74) is 5.11. The van der Waals surface area contributed by atoms with E-state index in [9.17, 15) is 0 Å². The summed E-state index contributed by atoms with van der Waals surface area (Å²) in [5, 5.41) is 0. The molecule has 0 radical (unpaired) electrons. The second kappa shape index (κ2) is 4.77. The van der Waals surface area contributed by atoms with Gasteiger partial charge in [0.2, 0.25) is 0 Å². The monoisotopic (exact) mass is 218 g/mol. The average molecular weight is 218 g/mol. The van der Waals surface area contributed by atoms with E-state index < -0.39 is 0 Å². The lowest BCUT2D eigenvalue weighted by atomic mass is 9.71. The van der Waals surface area contributed by atoms with Gasteiger partial charge in [-0.2, -0.15) is 0 Å². The van der Waals surface area contributed by atoms with Crippen LogP contribution in [0.1, 0.15) is 59.8 Å². The Bertz CT molecular complexity index is 319. The van der Waals surface area contributed by atoms with Gasteiger partial charge in [-0.05, 0) is 63.7 Å². The molecule has 2 aliphatic carbocycles. The predicted octanol–water partition coefficient (Wildman–Crippen LogP) is 5.12. The molecule has 3 atom stereocenters. The zero-order chi connectivity index (χ0) is 11.7. The van der Waals surface area contributed by atoms with E-state index in [2.05, 4.69) is 33.8 Å². The molecule has 0 saturated heterocycles. The van der Waals surface area contributed by atoms with Crippen molar-refractivity contribution in [2.24, 2.45) is 17.8 Å². The first-order valence-corrected chi connectivity index (χ1v) is 7.00. The van der Waals surface area contributed by atoms with Crippen LogP contribution in [0.25, 0.3) is 0 Å². The van der Waals surface area contributed by atoms with Crippen molar-refractivity contribution in [1.29, 1.82) is 0 Å². The van der Waals surface area contributed by atoms with Crippen molar-refractivity contribution in [2.75, 3.05) is 0 Å². The topological polar surface area (TPSA) is 0 Å². The molecule has 3 unspecified atom stereocenters. The molecule has 0 amide bonds. The summed E-state index contributed by atoms with van der Waals surface area (Å²) < 4.78 is 0. The van der Waals surface area contributed by atoms with Crippen LogP contribution in [-0.4, -0.2) is 0 Å². The van der Waals surface area contributed by atoms with E-state index in [0.29, 0.717) is 0 Å². The van der Waals surface area contributed by atoms with Crippen molar-refractivity contribution in [3.63, 3.8) is 0 Å². The summed E-state index contributed by atoms with van der Waals surface area (Å²) in [6.07, 6.45) is 9.38. The summed E-state index contributed by atoms with van der Waals surface area (Å²) in [6, 6.07) is 0. The maximum atomic E-state index is 2.56. The molecule has 2 aliphatic rings. The zero-order valence-electron chi connectivity index (χ0n) is 11.3. The van der Waals surface area contributed by atoms with Gasteiger partial charge in [0.05, 0.1) is 0 Å². The predicted molar refractivity (Wildman–Crippen MR) is 71.4 cm³/mol. The Kier molecular flexibility index (Phi) is 3.56. The molecule has 0 nitrogen and oxygen atoms in total. The highest BCUT2D eigenvalue weighted by Gasteiger charge is 2.35. The van der Waals surface area contributed by atoms with Crippen LogP contribution >= 0.6 is 0 Å². The highest BCUT2D eigenvalue weighted by Crippen LogP contribution is 2.48. The fraction of sp³-hybridized carbons (Fsp3) is 0.750. The first-order valence-electron chi connectivity index (χ1n) is 7.00. The zero-order valence-corrected chi connectivity index (χ0v) is 11.3. The van der Waals surface area contributed by atoms with E-state index in [-0.39, 0.29) is 0 Å². The smallest absolute Gasteiger partial charge is 0.00152 e. The average Bonchev–Trinajstić information content (AvgIpc) is 2.66. The number of allylic oxidation sites excluding steroid dienone is 4. The molecule has 0 aromatic heterocycles. The Balaban J connectivity index is 2.24. The van der Waals surface area contributed by atoms with Gasteiger partial charge in [0.1, 0.15) is 0 Å². The van der Waals surface area contributed by atoms with Crippen molar-refractivity contribution < 1.29 is 0 Å². The SMILES string of the molecule is CC/C(C)=C/C1CCC(C)C2CCC(C)=C12. The normalized spacial score (nSPS) is 35.5. The third kappa shape index (κ3) is 2.12. The molecule has 1 saturated carbocycles. The highest BCUT2D eigenvalue weighted by atomic mass is 14.4. The fourth-order valence-electron chi connectivity index (χ4n) is 3.60. The minimum Gasteiger partial charge on any atom is -0.0784 e. The molecule has 0 bridgehead atoms. The molecule has 16 heavy (non-hydrogen) atoms. The Morgan fingerprint density at radius 3 is 2.75 bits per heavy atom. The van der Waals surface area contributed by atoms with E-state index in [1.165, 1.54) is 32.1 Å². The van der Waals surface area contributed by atoms with Crippen LogP contribution in [0.5, 0.6) is 0 Å². The van der Waals surface area contributed by atoms with Crippen molar-refractivity contribution >= 4 is 0 Å². The lowest BCUT2D eigenvalue weighted by Crippen LogP contribution is -2.23. The Morgan fingerprint density at radius 1 is 1.31 bits per heavy atom. The standard InChI is InChI=1S/C16H26/c1-5-11(2)10-14-8-6-12(3)15-9-7-13(4)16(14)15/h10,12,14-15H,5-9H2,1-4H3/b11-10+. The fourth-order valence-corrected chi connectivity index (χ4v) is 3.60. The number of rotatable bonds is 2. The second-order valence-corrected chi connectivity index (χ2v) is 5.91. The van der Waals surface area contributed by atoms with Crippen LogP contribution in [0.2, 0.25) is 0 Å². The molecule has 0 aromatic carbocycles. The van der Waals surface area contributed by atoms with Crippen molar-refractivity contribution in [3.05, 3.63) is 22.8 Å². The van der Waals surface area contributed by atoms with Gasteiger partial charge in [-0.15, -0.1) is 0 Å². The minimum atomic E-state index is 0.781. The lowest BCUT2D eigenvalue weighted by Gasteiger charge is -2.34. The minimum absolute atomic E-state index is 0.781. The maximum Gasteiger partial charge on any atom is -0.00152 e. The summed E-state index contributed by atoms with van der Waals surface area (Å²) >= 11 is 0. The Morgan fingerprint density at radius 2 is 2.06 bits per heavy atom. The second-order valence-electron chi connectivity index (χ2n) is 5.91. The van der Waals surface area contributed by atoms with Crippen LogP contribution < -0.4 is 0 Å². The maximum absolute atomic E-state index is 2.56. The van der Waals surface area contributed by atoms with Crippen LogP contribution in [-0.2, 0) is 0 Å². The summed E-state index contributed by atoms with van der Waals surface area (Å²) in [6.45, 7) is 9.38. The van der Waals surface area contributed by atoms with Crippen molar-refractivity contribution in [1.82, 2.24) is 0 Å². The molecule has 0 heterocycles. The van der Waals surface area contributed by atoms with Crippen LogP contribution in [0.15, 0.2) is 22.8 Å². The molecule has 2 rings (SSSR count). The molecule has 0 heteroatoms. The highest BCUT2D eigenvalue weighted by molar-refractivity contribution is 5.30. The first kappa shape index (κ1) is 12.0. The number of hydrogen-bond donors (Lipinski definition) is 0. The Labute approximate surface area is 101 Å². The van der Waals surface area contributed by atoms with E-state index >= 15 is 0 Å². The molecule has 0 aliphatic heterocycles.